The van der Waals surface area contributed by atoms with Crippen molar-refractivity contribution in [2.75, 3.05) is 33.7 Å². The number of hydrogen-bond acceptors (Lipinski definition) is 5. The molecule has 14 heteroatoms. The average molecular weight is 539 g/mol. The normalized spacial score (nSPS) is 17.3. The molecule has 1 aliphatic heterocycles. The largest absolute Gasteiger partial charge is 0.511 e. The molecule has 0 spiro atoms. The summed E-state index contributed by atoms with van der Waals surface area (Å²) in [6.45, 7) is 0.706. The molecule has 1 saturated heterocycles. The van der Waals surface area contributed by atoms with E-state index in [9.17, 15) is 21.6 Å². The number of halogens is 4. The summed E-state index contributed by atoms with van der Waals surface area (Å²) in [4.78, 5) is 10.2. The first-order valence-corrected chi connectivity index (χ1v) is 9.81. The molecule has 0 amide bonds. The maximum absolute atomic E-state index is 12.6. The van der Waals surface area contributed by atoms with Crippen molar-refractivity contribution < 1.29 is 21.6 Å². The monoisotopic (exact) mass is 539 g/mol. The average Bonchev–Trinajstić information content (AvgIpc) is 2.99. The summed E-state index contributed by atoms with van der Waals surface area (Å²) in [6.07, 6.45) is 2.17. The van der Waals surface area contributed by atoms with E-state index in [0.29, 0.717) is 36.2 Å². The van der Waals surface area contributed by atoms with Gasteiger partial charge in [-0.3, -0.25) is 9.67 Å². The number of aliphatic imine (C=N–C) groups is 1. The van der Waals surface area contributed by atoms with Gasteiger partial charge in [-0.05, 0) is 18.8 Å². The van der Waals surface area contributed by atoms with E-state index in [1.165, 1.54) is 6.33 Å². The lowest BCUT2D eigenvalue weighted by atomic mass is 9.98. The fraction of sp³-hybridized carbons (Fsp3) is 0.786. The molecule has 0 saturated carbocycles. The van der Waals surface area contributed by atoms with Crippen molar-refractivity contribution in [1.82, 2.24) is 29.3 Å². The van der Waals surface area contributed by atoms with E-state index in [1.54, 1.807) is 18.8 Å². The summed E-state index contributed by atoms with van der Waals surface area (Å²) in [5.74, 6) is 1.43. The number of alkyl halides is 3. The molecule has 9 nitrogen and oxygen atoms in total. The number of sulfonamides is 1. The number of nitrogens with one attached hydrogen (secondary N) is 1. The third-order valence-electron chi connectivity index (χ3n) is 4.51. The van der Waals surface area contributed by atoms with Gasteiger partial charge in [0.2, 0.25) is 0 Å². The van der Waals surface area contributed by atoms with Crippen molar-refractivity contribution in [3.05, 3.63) is 12.2 Å². The van der Waals surface area contributed by atoms with E-state index in [0.717, 1.165) is 5.82 Å². The number of rotatable bonds is 5. The Balaban J connectivity index is 0.00000392. The zero-order chi connectivity index (χ0) is 20.2. The van der Waals surface area contributed by atoms with Crippen LogP contribution in [0.15, 0.2) is 11.3 Å². The first-order chi connectivity index (χ1) is 12.6. The van der Waals surface area contributed by atoms with Gasteiger partial charge in [-0.25, -0.2) is 13.4 Å². The van der Waals surface area contributed by atoms with Crippen LogP contribution in [0.4, 0.5) is 13.2 Å². The zero-order valence-corrected chi connectivity index (χ0v) is 19.0. The molecule has 0 aromatic carbocycles. The first kappa shape index (κ1) is 24.9. The molecule has 1 N–H and O–H groups in total. The minimum atomic E-state index is -5.25. The Bertz CT molecular complexity index is 761. The maximum atomic E-state index is 12.6. The van der Waals surface area contributed by atoms with Gasteiger partial charge in [-0.2, -0.15) is 22.6 Å². The Kier molecular flexibility index (Phi) is 8.92. The van der Waals surface area contributed by atoms with Gasteiger partial charge < -0.3 is 10.2 Å². The summed E-state index contributed by atoms with van der Waals surface area (Å²) >= 11 is 0. The predicted octanol–water partition coefficient (Wildman–Crippen LogP) is 1.00. The first-order valence-electron chi connectivity index (χ1n) is 8.37. The van der Waals surface area contributed by atoms with Crippen LogP contribution in [0, 0.1) is 5.92 Å². The highest BCUT2D eigenvalue weighted by Gasteiger charge is 2.50. The second kappa shape index (κ2) is 10.0. The van der Waals surface area contributed by atoms with Crippen molar-refractivity contribution in [1.29, 1.82) is 0 Å². The smallest absolute Gasteiger partial charge is 0.356 e. The highest BCUT2D eigenvalue weighted by molar-refractivity contribution is 14.0. The van der Waals surface area contributed by atoms with Crippen LogP contribution < -0.4 is 5.32 Å². The van der Waals surface area contributed by atoms with Gasteiger partial charge in [0.15, 0.2) is 5.96 Å². The number of aryl methyl sites for hydroxylation is 1. The van der Waals surface area contributed by atoms with E-state index in [-0.39, 0.29) is 43.0 Å². The Morgan fingerprint density at radius 1 is 1.39 bits per heavy atom. The highest BCUT2D eigenvalue weighted by atomic mass is 127. The second-order valence-electron chi connectivity index (χ2n) is 6.38. The highest BCUT2D eigenvalue weighted by Crippen LogP contribution is 2.30. The van der Waals surface area contributed by atoms with Gasteiger partial charge in [0.05, 0.1) is 6.54 Å². The Morgan fingerprint density at radius 2 is 2.00 bits per heavy atom. The number of nitrogens with zero attached hydrogens (tertiary/aromatic N) is 6. The number of piperidine rings is 1. The van der Waals surface area contributed by atoms with E-state index >= 15 is 0 Å². The van der Waals surface area contributed by atoms with Gasteiger partial charge in [0, 0.05) is 40.8 Å². The van der Waals surface area contributed by atoms with Crippen molar-refractivity contribution in [2.24, 2.45) is 18.0 Å². The van der Waals surface area contributed by atoms with E-state index in [4.69, 9.17) is 0 Å². The predicted molar refractivity (Wildman–Crippen MR) is 109 cm³/mol. The third-order valence-corrected chi connectivity index (χ3v) is 6.14. The van der Waals surface area contributed by atoms with Crippen LogP contribution in [0.3, 0.4) is 0 Å². The van der Waals surface area contributed by atoms with Crippen molar-refractivity contribution >= 4 is 40.0 Å². The standard InChI is InChI=1S/C14H24F3N7O2S.HI/c1-18-13(22(2)9-12-20-10-21-23(12)3)19-8-11-4-6-24(7-5-11)27(25,26)14(15,16)17;/h10-11H,4-9H2,1-3H3,(H,18,19);1H. The van der Waals surface area contributed by atoms with Gasteiger partial charge in [-0.15, -0.1) is 24.0 Å². The van der Waals surface area contributed by atoms with Crippen LogP contribution in [0.2, 0.25) is 0 Å². The summed E-state index contributed by atoms with van der Waals surface area (Å²) in [7, 11) is 0.0160. The van der Waals surface area contributed by atoms with E-state index in [2.05, 4.69) is 20.4 Å². The lowest BCUT2D eigenvalue weighted by molar-refractivity contribution is -0.0496. The summed E-state index contributed by atoms with van der Waals surface area (Å²) in [5, 5.41) is 7.19. The minimum absolute atomic E-state index is 0. The number of guanidine groups is 1. The van der Waals surface area contributed by atoms with Gasteiger partial charge in [-0.1, -0.05) is 0 Å². The van der Waals surface area contributed by atoms with Crippen LogP contribution >= 0.6 is 24.0 Å². The van der Waals surface area contributed by atoms with Gasteiger partial charge in [0.1, 0.15) is 12.2 Å². The molecule has 0 unspecified atom stereocenters. The molecule has 162 valence electrons. The molecule has 1 aromatic rings. The molecular formula is C14H25F3IN7O2S. The van der Waals surface area contributed by atoms with Crippen LogP contribution in [0.1, 0.15) is 18.7 Å². The lowest BCUT2D eigenvalue weighted by Gasteiger charge is -2.32. The van der Waals surface area contributed by atoms with Crippen LogP contribution in [0.25, 0.3) is 0 Å². The molecule has 1 fully saturated rings. The van der Waals surface area contributed by atoms with E-state index < -0.39 is 15.5 Å². The van der Waals surface area contributed by atoms with Crippen molar-refractivity contribution in [3.8, 4) is 0 Å². The topological polar surface area (TPSA) is 95.7 Å². The SMILES string of the molecule is CN=C(NCC1CCN(S(=O)(=O)C(F)(F)F)CC1)N(C)Cc1ncnn1C.I. The Morgan fingerprint density at radius 3 is 2.46 bits per heavy atom. The summed E-state index contributed by atoms with van der Waals surface area (Å²) in [5.41, 5.74) is -5.25. The van der Waals surface area contributed by atoms with Crippen LogP contribution in [-0.4, -0.2) is 77.6 Å². The number of aromatic nitrogens is 3. The maximum Gasteiger partial charge on any atom is 0.511 e. The molecule has 28 heavy (non-hydrogen) atoms. The zero-order valence-electron chi connectivity index (χ0n) is 15.8. The second-order valence-corrected chi connectivity index (χ2v) is 8.31. The third kappa shape index (κ3) is 5.92. The van der Waals surface area contributed by atoms with E-state index in [1.807, 2.05) is 11.9 Å². The molecule has 0 atom stereocenters. The fourth-order valence-corrected chi connectivity index (χ4v) is 3.86. The van der Waals surface area contributed by atoms with Crippen LogP contribution in [-0.2, 0) is 23.6 Å². The Labute approximate surface area is 179 Å². The molecule has 1 aromatic heterocycles. The lowest BCUT2D eigenvalue weighted by Crippen LogP contribution is -2.47. The molecule has 0 bridgehead atoms. The molecule has 1 aliphatic rings. The molecular weight excluding hydrogens is 514 g/mol. The fourth-order valence-electron chi connectivity index (χ4n) is 2.87. The van der Waals surface area contributed by atoms with Crippen molar-refractivity contribution in [2.45, 2.75) is 24.9 Å². The van der Waals surface area contributed by atoms with Crippen LogP contribution in [0.5, 0.6) is 0 Å². The van der Waals surface area contributed by atoms with Gasteiger partial charge >= 0.3 is 15.5 Å². The van der Waals surface area contributed by atoms with Crippen molar-refractivity contribution in [3.63, 3.8) is 0 Å². The molecule has 2 rings (SSSR count). The molecule has 0 radical (unpaired) electrons. The summed E-state index contributed by atoms with van der Waals surface area (Å²) in [6, 6.07) is 0. The molecule has 2 heterocycles. The number of hydrogen-bond donors (Lipinski definition) is 1. The van der Waals surface area contributed by atoms with Gasteiger partial charge in [0.25, 0.3) is 0 Å². The Hall–Kier alpha value is -1.16. The summed E-state index contributed by atoms with van der Waals surface area (Å²) < 4.78 is 62.9. The quantitative estimate of drug-likeness (QED) is 0.341. The molecule has 0 aliphatic carbocycles. The minimum Gasteiger partial charge on any atom is -0.356 e.